The lowest BCUT2D eigenvalue weighted by Gasteiger charge is -2.31. The van der Waals surface area contributed by atoms with Crippen LogP contribution in [-0.4, -0.2) is 19.3 Å². The standard InChI is InChI=1S/C18H11Cl6N3O2/c19-17(20,21)14-10-15(18(22,23)24)26-27(25-14)12-8-6-11(7-9-12)16(28)29-13-4-2-1-3-5-13/h1-10,25H. The molecule has 3 rings (SSSR count). The molecule has 0 aromatic heterocycles. The highest BCUT2D eigenvalue weighted by atomic mass is 35.6. The fourth-order valence-corrected chi connectivity index (χ4v) is 2.81. The van der Waals surface area contributed by atoms with Crippen molar-refractivity contribution in [3.05, 3.63) is 71.9 Å². The van der Waals surface area contributed by atoms with Crippen LogP contribution in [0.3, 0.4) is 0 Å². The molecular weight excluding hydrogens is 503 g/mol. The molecule has 152 valence electrons. The summed E-state index contributed by atoms with van der Waals surface area (Å²) >= 11 is 35.7. The van der Waals surface area contributed by atoms with E-state index in [0.717, 1.165) is 0 Å². The maximum absolute atomic E-state index is 12.3. The van der Waals surface area contributed by atoms with Gasteiger partial charge in [0.1, 0.15) is 11.5 Å². The predicted molar refractivity (Wildman–Crippen MR) is 120 cm³/mol. The van der Waals surface area contributed by atoms with E-state index in [9.17, 15) is 4.79 Å². The minimum Gasteiger partial charge on any atom is -0.423 e. The fourth-order valence-electron chi connectivity index (χ4n) is 2.24. The van der Waals surface area contributed by atoms with E-state index in [-0.39, 0.29) is 11.4 Å². The van der Waals surface area contributed by atoms with Crippen LogP contribution in [0.2, 0.25) is 0 Å². The van der Waals surface area contributed by atoms with Crippen LogP contribution in [0.5, 0.6) is 5.75 Å². The summed E-state index contributed by atoms with van der Waals surface area (Å²) in [5.41, 5.74) is 3.81. The average Bonchev–Trinajstić information content (AvgIpc) is 2.67. The van der Waals surface area contributed by atoms with Gasteiger partial charge in [-0.15, -0.1) is 0 Å². The Labute approximate surface area is 196 Å². The molecule has 0 amide bonds. The molecule has 0 fully saturated rings. The first-order chi connectivity index (χ1) is 13.5. The maximum Gasteiger partial charge on any atom is 0.343 e. The molecule has 5 nitrogen and oxygen atoms in total. The molecule has 0 radical (unpaired) electrons. The monoisotopic (exact) mass is 511 g/mol. The molecule has 0 saturated carbocycles. The zero-order valence-corrected chi connectivity index (χ0v) is 18.8. The number of nitrogens with one attached hydrogen (secondary N) is 1. The van der Waals surface area contributed by atoms with Gasteiger partial charge >= 0.3 is 5.97 Å². The van der Waals surface area contributed by atoms with Crippen molar-refractivity contribution in [1.82, 2.24) is 5.43 Å². The minimum absolute atomic E-state index is 0.0372. The zero-order chi connectivity index (χ0) is 21.2. The van der Waals surface area contributed by atoms with Gasteiger partial charge in [-0.25, -0.2) is 4.79 Å². The minimum atomic E-state index is -1.85. The van der Waals surface area contributed by atoms with E-state index in [4.69, 9.17) is 74.3 Å². The number of alkyl halides is 6. The van der Waals surface area contributed by atoms with E-state index in [1.54, 1.807) is 48.5 Å². The van der Waals surface area contributed by atoms with Crippen LogP contribution in [0.4, 0.5) is 5.69 Å². The Kier molecular flexibility index (Phi) is 6.78. The van der Waals surface area contributed by atoms with Crippen molar-refractivity contribution >= 4 is 87.0 Å². The lowest BCUT2D eigenvalue weighted by atomic mass is 10.2. The summed E-state index contributed by atoms with van der Waals surface area (Å²) in [4.78, 5) is 12.3. The van der Waals surface area contributed by atoms with Crippen LogP contribution in [0.1, 0.15) is 10.4 Å². The molecule has 0 aliphatic carbocycles. The molecule has 29 heavy (non-hydrogen) atoms. The molecule has 1 aliphatic heterocycles. The normalized spacial score (nSPS) is 14.6. The van der Waals surface area contributed by atoms with E-state index in [1.807, 2.05) is 6.07 Å². The number of para-hydroxylation sites is 1. The largest absolute Gasteiger partial charge is 0.423 e. The first-order valence-corrected chi connectivity index (χ1v) is 10.2. The molecule has 0 unspecified atom stereocenters. The molecule has 11 heteroatoms. The third-order valence-corrected chi connectivity index (χ3v) is 4.80. The van der Waals surface area contributed by atoms with Gasteiger partial charge in [0.2, 0.25) is 7.59 Å². The van der Waals surface area contributed by atoms with E-state index in [2.05, 4.69) is 10.5 Å². The van der Waals surface area contributed by atoms with E-state index in [0.29, 0.717) is 17.0 Å². The maximum atomic E-state index is 12.3. The lowest BCUT2D eigenvalue weighted by molar-refractivity contribution is 0.0735. The Balaban J connectivity index is 1.82. The topological polar surface area (TPSA) is 53.9 Å². The Morgan fingerprint density at radius 3 is 2.07 bits per heavy atom. The van der Waals surface area contributed by atoms with E-state index in [1.165, 1.54) is 11.2 Å². The van der Waals surface area contributed by atoms with Gasteiger partial charge in [0.25, 0.3) is 0 Å². The van der Waals surface area contributed by atoms with Gasteiger partial charge < -0.3 is 4.74 Å². The molecule has 0 atom stereocenters. The molecule has 2 aromatic carbocycles. The van der Waals surface area contributed by atoms with Crippen LogP contribution >= 0.6 is 69.6 Å². The van der Waals surface area contributed by atoms with Gasteiger partial charge in [0.15, 0.2) is 0 Å². The fraction of sp³-hybridized carbons (Fsp3) is 0.111. The van der Waals surface area contributed by atoms with Crippen LogP contribution in [-0.2, 0) is 0 Å². The van der Waals surface area contributed by atoms with Crippen LogP contribution in [0.15, 0.2) is 71.5 Å². The molecular formula is C18H11Cl6N3O2. The van der Waals surface area contributed by atoms with Crippen molar-refractivity contribution in [2.75, 3.05) is 5.12 Å². The van der Waals surface area contributed by atoms with Crippen LogP contribution in [0, 0.1) is 0 Å². The molecule has 1 aliphatic rings. The second-order valence-corrected chi connectivity index (χ2v) is 10.3. The number of allylic oxidation sites excluding steroid dienone is 2. The number of carbonyl (C=O) groups excluding carboxylic acids is 1. The van der Waals surface area contributed by atoms with Crippen molar-refractivity contribution in [2.45, 2.75) is 7.59 Å². The molecule has 1 heterocycles. The Morgan fingerprint density at radius 2 is 1.52 bits per heavy atom. The number of esters is 1. The third-order valence-electron chi connectivity index (χ3n) is 3.61. The van der Waals surface area contributed by atoms with Crippen LogP contribution in [0.25, 0.3) is 0 Å². The predicted octanol–water partition coefficient (Wildman–Crippen LogP) is 6.21. The summed E-state index contributed by atoms with van der Waals surface area (Å²) in [5.74, 6) is -0.0737. The third kappa shape index (κ3) is 5.85. The number of hydrogen-bond donors (Lipinski definition) is 1. The number of hydrazone groups is 1. The first kappa shape index (κ1) is 22.3. The van der Waals surface area contributed by atoms with Gasteiger partial charge in [-0.1, -0.05) is 87.8 Å². The molecule has 2 aromatic rings. The molecule has 0 saturated heterocycles. The second kappa shape index (κ2) is 8.80. The zero-order valence-electron chi connectivity index (χ0n) is 14.3. The highest BCUT2D eigenvalue weighted by Crippen LogP contribution is 2.38. The van der Waals surface area contributed by atoms with Gasteiger partial charge in [0.05, 0.1) is 16.9 Å². The Bertz CT molecular complexity index is 950. The average molecular weight is 514 g/mol. The Morgan fingerprint density at radius 1 is 0.897 bits per heavy atom. The SMILES string of the molecule is O=C(Oc1ccccc1)c1ccc(N2N=C(C(Cl)(Cl)Cl)C=C(C(Cl)(Cl)Cl)N2)cc1. The van der Waals surface area contributed by atoms with Crippen molar-refractivity contribution in [3.8, 4) is 5.75 Å². The first-order valence-electron chi connectivity index (χ1n) is 7.93. The summed E-state index contributed by atoms with van der Waals surface area (Å²) < 4.78 is 1.64. The summed E-state index contributed by atoms with van der Waals surface area (Å²) in [7, 11) is 0. The van der Waals surface area contributed by atoms with Gasteiger partial charge in [-0.2, -0.15) is 10.2 Å². The van der Waals surface area contributed by atoms with Crippen molar-refractivity contribution in [2.24, 2.45) is 5.10 Å². The Hall–Kier alpha value is -1.34. The second-order valence-electron chi connectivity index (χ2n) is 5.71. The smallest absolute Gasteiger partial charge is 0.343 e. The van der Waals surface area contributed by atoms with Gasteiger partial charge in [-0.05, 0) is 42.5 Å². The van der Waals surface area contributed by atoms with Crippen molar-refractivity contribution in [1.29, 1.82) is 0 Å². The summed E-state index contributed by atoms with van der Waals surface area (Å²) in [6.07, 6.45) is 1.34. The number of benzene rings is 2. The number of hydrogen-bond acceptors (Lipinski definition) is 5. The number of rotatable bonds is 3. The lowest BCUT2D eigenvalue weighted by Crippen LogP contribution is -2.43. The van der Waals surface area contributed by atoms with E-state index < -0.39 is 13.6 Å². The highest BCUT2D eigenvalue weighted by molar-refractivity contribution is 6.78. The summed E-state index contributed by atoms with van der Waals surface area (Å²) in [6, 6.07) is 15.0. The summed E-state index contributed by atoms with van der Waals surface area (Å²) in [5, 5.41) is 5.47. The molecule has 0 spiro atoms. The highest BCUT2D eigenvalue weighted by Gasteiger charge is 2.36. The number of nitrogens with zero attached hydrogens (tertiary/aromatic N) is 2. The van der Waals surface area contributed by atoms with E-state index >= 15 is 0 Å². The summed E-state index contributed by atoms with van der Waals surface area (Å²) in [6.45, 7) is 0. The number of carbonyl (C=O) groups is 1. The van der Waals surface area contributed by atoms with Crippen molar-refractivity contribution in [3.63, 3.8) is 0 Å². The number of hydrazine groups is 1. The quantitative estimate of drug-likeness (QED) is 0.301. The molecule has 1 N–H and O–H groups in total. The van der Waals surface area contributed by atoms with Crippen molar-refractivity contribution < 1.29 is 9.53 Å². The number of anilines is 1. The van der Waals surface area contributed by atoms with Gasteiger partial charge in [-0.3, -0.25) is 5.43 Å². The van der Waals surface area contributed by atoms with Crippen LogP contribution < -0.4 is 15.3 Å². The van der Waals surface area contributed by atoms with Gasteiger partial charge in [0, 0.05) is 0 Å². The molecule has 0 bridgehead atoms. The number of halogens is 6. The number of ether oxygens (including phenoxy) is 1.